The molecule has 0 atom stereocenters. The molecule has 1 aromatic rings. The van der Waals surface area contributed by atoms with E-state index in [1.54, 1.807) is 24.3 Å². The van der Waals surface area contributed by atoms with Crippen LogP contribution in [0.3, 0.4) is 0 Å². The lowest BCUT2D eigenvalue weighted by molar-refractivity contribution is 0.478. The van der Waals surface area contributed by atoms with Crippen LogP contribution in [-0.2, 0) is 0 Å². The fraction of sp³-hybridized carbons (Fsp3) is 0. The third-order valence-electron chi connectivity index (χ3n) is 1.29. The van der Waals surface area contributed by atoms with Crippen LogP contribution in [0.1, 0.15) is 5.56 Å². The Bertz CT molecular complexity index is 255. The molecule has 10 heavy (non-hydrogen) atoms. The molecule has 0 saturated carbocycles. The number of nitrogens with two attached hydrogens (primary N) is 1. The highest BCUT2D eigenvalue weighted by Crippen LogP contribution is 2.20. The maximum absolute atomic E-state index is 8.98. The van der Waals surface area contributed by atoms with E-state index in [0.29, 0.717) is 5.69 Å². The van der Waals surface area contributed by atoms with E-state index in [4.69, 9.17) is 10.8 Å². The standard InChI is InChI=1S/C8H9NO/c1-2-6-3-4-8(10)7(9)5-6/h2-5,10H,1,9H2. The second kappa shape index (κ2) is 2.43. The molecular formula is C8H9NO. The number of phenols is 1. The minimum atomic E-state index is 0.116. The average Bonchev–Trinajstić information content (AvgIpc) is 1.95. The van der Waals surface area contributed by atoms with Gasteiger partial charge in [-0.05, 0) is 17.7 Å². The van der Waals surface area contributed by atoms with Crippen LogP contribution in [0.25, 0.3) is 6.08 Å². The van der Waals surface area contributed by atoms with Gasteiger partial charge >= 0.3 is 0 Å². The van der Waals surface area contributed by atoms with Crippen molar-refractivity contribution in [3.63, 3.8) is 0 Å². The van der Waals surface area contributed by atoms with E-state index < -0.39 is 0 Å². The van der Waals surface area contributed by atoms with Gasteiger partial charge in [-0.2, -0.15) is 0 Å². The normalized spacial score (nSPS) is 9.20. The van der Waals surface area contributed by atoms with Gasteiger partial charge in [0.25, 0.3) is 0 Å². The fourth-order valence-electron chi connectivity index (χ4n) is 0.700. The molecule has 2 heteroatoms. The van der Waals surface area contributed by atoms with Crippen LogP contribution >= 0.6 is 0 Å². The number of hydrogen-bond donors (Lipinski definition) is 2. The zero-order valence-corrected chi connectivity index (χ0v) is 5.54. The van der Waals surface area contributed by atoms with E-state index in [1.165, 1.54) is 0 Å². The van der Waals surface area contributed by atoms with Gasteiger partial charge in [0.2, 0.25) is 0 Å². The highest BCUT2D eigenvalue weighted by molar-refractivity contribution is 5.60. The summed E-state index contributed by atoms with van der Waals surface area (Å²) in [6.45, 7) is 3.56. The molecule has 0 aliphatic rings. The first kappa shape index (κ1) is 6.68. The van der Waals surface area contributed by atoms with Crippen LogP contribution in [0.5, 0.6) is 5.75 Å². The molecule has 0 bridgehead atoms. The quantitative estimate of drug-likeness (QED) is 0.454. The number of nitrogen functional groups attached to an aromatic ring is 1. The van der Waals surface area contributed by atoms with E-state index in [0.717, 1.165) is 5.56 Å². The van der Waals surface area contributed by atoms with Crippen LogP contribution in [0.15, 0.2) is 24.8 Å². The summed E-state index contributed by atoms with van der Waals surface area (Å²) in [7, 11) is 0. The van der Waals surface area contributed by atoms with Gasteiger partial charge in [-0.25, -0.2) is 0 Å². The van der Waals surface area contributed by atoms with Gasteiger partial charge < -0.3 is 10.8 Å². The van der Waals surface area contributed by atoms with Crippen molar-refractivity contribution in [3.8, 4) is 5.75 Å². The highest BCUT2D eigenvalue weighted by atomic mass is 16.3. The van der Waals surface area contributed by atoms with E-state index in [-0.39, 0.29) is 5.75 Å². The Labute approximate surface area is 59.6 Å². The van der Waals surface area contributed by atoms with E-state index in [2.05, 4.69) is 6.58 Å². The maximum Gasteiger partial charge on any atom is 0.138 e. The Kier molecular flexibility index (Phi) is 1.63. The molecule has 0 spiro atoms. The third-order valence-corrected chi connectivity index (χ3v) is 1.29. The number of aromatic hydroxyl groups is 1. The number of anilines is 1. The Morgan fingerprint density at radius 2 is 2.20 bits per heavy atom. The minimum absolute atomic E-state index is 0.116. The Morgan fingerprint density at radius 3 is 2.70 bits per heavy atom. The molecule has 0 unspecified atom stereocenters. The first-order valence-electron chi connectivity index (χ1n) is 2.95. The summed E-state index contributed by atoms with van der Waals surface area (Å²) in [4.78, 5) is 0. The summed E-state index contributed by atoms with van der Waals surface area (Å²) in [6.07, 6.45) is 1.68. The maximum atomic E-state index is 8.98. The van der Waals surface area contributed by atoms with Gasteiger partial charge in [-0.1, -0.05) is 18.7 Å². The predicted molar refractivity (Wildman–Crippen MR) is 42.6 cm³/mol. The zero-order valence-electron chi connectivity index (χ0n) is 5.54. The molecule has 0 radical (unpaired) electrons. The number of phenolic OH excluding ortho intramolecular Hbond substituents is 1. The van der Waals surface area contributed by atoms with Crippen LogP contribution < -0.4 is 5.73 Å². The molecular weight excluding hydrogens is 126 g/mol. The fourth-order valence-corrected chi connectivity index (χ4v) is 0.700. The number of benzene rings is 1. The van der Waals surface area contributed by atoms with Crippen LogP contribution in [0.4, 0.5) is 5.69 Å². The molecule has 1 rings (SSSR count). The van der Waals surface area contributed by atoms with Crippen molar-refractivity contribution in [1.29, 1.82) is 0 Å². The lowest BCUT2D eigenvalue weighted by Gasteiger charge is -1.97. The second-order valence-electron chi connectivity index (χ2n) is 2.02. The summed E-state index contributed by atoms with van der Waals surface area (Å²) in [5.41, 5.74) is 6.70. The smallest absolute Gasteiger partial charge is 0.138 e. The largest absolute Gasteiger partial charge is 0.506 e. The molecule has 0 aliphatic heterocycles. The third kappa shape index (κ3) is 1.10. The van der Waals surface area contributed by atoms with Crippen molar-refractivity contribution in [2.45, 2.75) is 0 Å². The molecule has 0 aliphatic carbocycles. The van der Waals surface area contributed by atoms with Gasteiger partial charge in [-0.3, -0.25) is 0 Å². The minimum Gasteiger partial charge on any atom is -0.506 e. The van der Waals surface area contributed by atoms with Crippen LogP contribution in [-0.4, -0.2) is 5.11 Å². The molecule has 1 aromatic carbocycles. The van der Waals surface area contributed by atoms with Gasteiger partial charge in [-0.15, -0.1) is 0 Å². The highest BCUT2D eigenvalue weighted by Gasteiger charge is 1.93. The Balaban J connectivity index is 3.16. The molecule has 0 amide bonds. The van der Waals surface area contributed by atoms with Crippen LogP contribution in [0.2, 0.25) is 0 Å². The van der Waals surface area contributed by atoms with Gasteiger partial charge in [0.05, 0.1) is 5.69 Å². The molecule has 52 valence electrons. The Morgan fingerprint density at radius 1 is 1.50 bits per heavy atom. The molecule has 0 aromatic heterocycles. The van der Waals surface area contributed by atoms with E-state index in [9.17, 15) is 0 Å². The van der Waals surface area contributed by atoms with Crippen molar-refractivity contribution in [2.24, 2.45) is 0 Å². The average molecular weight is 135 g/mol. The van der Waals surface area contributed by atoms with E-state index >= 15 is 0 Å². The second-order valence-corrected chi connectivity index (χ2v) is 2.02. The van der Waals surface area contributed by atoms with Crippen molar-refractivity contribution in [3.05, 3.63) is 30.3 Å². The molecule has 0 fully saturated rings. The first-order chi connectivity index (χ1) is 4.74. The summed E-state index contributed by atoms with van der Waals surface area (Å²) < 4.78 is 0. The summed E-state index contributed by atoms with van der Waals surface area (Å²) in [5.74, 6) is 0.116. The van der Waals surface area contributed by atoms with Crippen molar-refractivity contribution >= 4 is 11.8 Å². The SMILES string of the molecule is C=Cc1ccc(O)c(N)c1. The molecule has 0 saturated heterocycles. The number of hydrogen-bond acceptors (Lipinski definition) is 2. The molecule has 0 heterocycles. The van der Waals surface area contributed by atoms with Crippen molar-refractivity contribution in [1.82, 2.24) is 0 Å². The summed E-state index contributed by atoms with van der Waals surface area (Å²) in [6, 6.07) is 4.97. The summed E-state index contributed by atoms with van der Waals surface area (Å²) >= 11 is 0. The Hall–Kier alpha value is -1.44. The lowest BCUT2D eigenvalue weighted by atomic mass is 10.2. The molecule has 3 N–H and O–H groups in total. The van der Waals surface area contributed by atoms with E-state index in [1.807, 2.05) is 0 Å². The lowest BCUT2D eigenvalue weighted by Crippen LogP contribution is -1.85. The first-order valence-corrected chi connectivity index (χ1v) is 2.95. The van der Waals surface area contributed by atoms with Gasteiger partial charge in [0.15, 0.2) is 0 Å². The summed E-state index contributed by atoms with van der Waals surface area (Å²) in [5, 5.41) is 8.98. The number of rotatable bonds is 1. The van der Waals surface area contributed by atoms with Gasteiger partial charge in [0.1, 0.15) is 5.75 Å². The predicted octanol–water partition coefficient (Wildman–Crippen LogP) is 1.62. The molecule has 2 nitrogen and oxygen atoms in total. The topological polar surface area (TPSA) is 46.2 Å². The zero-order chi connectivity index (χ0) is 7.56. The van der Waals surface area contributed by atoms with Crippen molar-refractivity contribution in [2.75, 3.05) is 5.73 Å². The van der Waals surface area contributed by atoms with Crippen LogP contribution in [0, 0.1) is 0 Å². The monoisotopic (exact) mass is 135 g/mol. The van der Waals surface area contributed by atoms with Gasteiger partial charge in [0, 0.05) is 0 Å². The van der Waals surface area contributed by atoms with Crippen molar-refractivity contribution < 1.29 is 5.11 Å².